The molecule has 1 saturated heterocycles. The third-order valence-electron chi connectivity index (χ3n) is 3.45. The van der Waals surface area contributed by atoms with Crippen LogP contribution < -0.4 is 10.6 Å². The Morgan fingerprint density at radius 1 is 1.50 bits per heavy atom. The van der Waals surface area contributed by atoms with Crippen LogP contribution in [0.1, 0.15) is 25.3 Å². The molecule has 98 valence electrons. The number of nitro groups is 1. The van der Waals surface area contributed by atoms with Crippen LogP contribution in [0.3, 0.4) is 0 Å². The average Bonchev–Trinajstić information content (AvgIpc) is 2.34. The first-order valence-electron chi connectivity index (χ1n) is 6.33. The minimum atomic E-state index is -0.323. The average molecular weight is 249 g/mol. The second kappa shape index (κ2) is 5.35. The van der Waals surface area contributed by atoms with Crippen LogP contribution in [0.2, 0.25) is 0 Å². The lowest BCUT2D eigenvalue weighted by atomic mass is 9.99. The third-order valence-corrected chi connectivity index (χ3v) is 3.45. The van der Waals surface area contributed by atoms with Gasteiger partial charge in [0.2, 0.25) is 0 Å². The van der Waals surface area contributed by atoms with Gasteiger partial charge in [-0.25, -0.2) is 0 Å². The van der Waals surface area contributed by atoms with Crippen molar-refractivity contribution in [2.45, 2.75) is 38.8 Å². The molecule has 0 aromatic heterocycles. The maximum absolute atomic E-state index is 11.0. The number of hydrogen-bond acceptors (Lipinski definition) is 4. The van der Waals surface area contributed by atoms with Crippen molar-refractivity contribution < 1.29 is 4.92 Å². The molecule has 0 aliphatic carbocycles. The zero-order chi connectivity index (χ0) is 13.1. The van der Waals surface area contributed by atoms with Gasteiger partial charge in [-0.1, -0.05) is 6.07 Å². The highest BCUT2D eigenvalue weighted by molar-refractivity contribution is 5.63. The van der Waals surface area contributed by atoms with Crippen LogP contribution in [0.4, 0.5) is 11.4 Å². The maximum atomic E-state index is 11.0. The molecule has 1 fully saturated rings. The number of rotatable bonds is 3. The summed E-state index contributed by atoms with van der Waals surface area (Å²) in [6.07, 6.45) is 2.14. The fourth-order valence-electron chi connectivity index (χ4n) is 2.36. The number of piperidine rings is 1. The highest BCUT2D eigenvalue weighted by Gasteiger charge is 2.23. The first kappa shape index (κ1) is 12.8. The van der Waals surface area contributed by atoms with Crippen molar-refractivity contribution in [1.29, 1.82) is 0 Å². The van der Waals surface area contributed by atoms with Gasteiger partial charge in [0, 0.05) is 18.2 Å². The number of anilines is 1. The number of aryl methyl sites for hydroxylation is 1. The van der Waals surface area contributed by atoms with Crippen molar-refractivity contribution in [3.8, 4) is 0 Å². The molecule has 2 unspecified atom stereocenters. The molecular formula is C13H19N3O2. The fraction of sp³-hybridized carbons (Fsp3) is 0.538. The van der Waals surface area contributed by atoms with Gasteiger partial charge in [-0.3, -0.25) is 10.1 Å². The maximum Gasteiger partial charge on any atom is 0.292 e. The zero-order valence-corrected chi connectivity index (χ0v) is 10.8. The Kier molecular flexibility index (Phi) is 3.81. The molecule has 0 radical (unpaired) electrons. The highest BCUT2D eigenvalue weighted by atomic mass is 16.6. The minimum absolute atomic E-state index is 0.160. The topological polar surface area (TPSA) is 67.2 Å². The van der Waals surface area contributed by atoms with Crippen LogP contribution in [0, 0.1) is 17.0 Å². The van der Waals surface area contributed by atoms with Gasteiger partial charge < -0.3 is 10.6 Å². The Balaban J connectivity index is 2.20. The van der Waals surface area contributed by atoms with E-state index < -0.39 is 0 Å². The van der Waals surface area contributed by atoms with E-state index in [1.807, 2.05) is 13.0 Å². The second-order valence-electron chi connectivity index (χ2n) is 4.91. The smallest absolute Gasteiger partial charge is 0.292 e. The van der Waals surface area contributed by atoms with E-state index in [4.69, 9.17) is 0 Å². The number of hydrogen-bond donors (Lipinski definition) is 2. The molecule has 1 aromatic carbocycles. The lowest BCUT2D eigenvalue weighted by Gasteiger charge is -2.31. The summed E-state index contributed by atoms with van der Waals surface area (Å²) in [5.41, 5.74) is 1.68. The molecule has 5 heteroatoms. The Hall–Kier alpha value is -1.62. The molecule has 2 rings (SSSR count). The number of nitrogens with one attached hydrogen (secondary N) is 2. The van der Waals surface area contributed by atoms with Gasteiger partial charge in [0.05, 0.1) is 4.92 Å². The van der Waals surface area contributed by atoms with E-state index >= 15 is 0 Å². The van der Waals surface area contributed by atoms with Crippen LogP contribution in [0.5, 0.6) is 0 Å². The molecular weight excluding hydrogens is 230 g/mol. The van der Waals surface area contributed by atoms with Crippen LogP contribution in [-0.2, 0) is 0 Å². The van der Waals surface area contributed by atoms with Crippen LogP contribution >= 0.6 is 0 Å². The first-order chi connectivity index (χ1) is 8.58. The molecule has 0 saturated carbocycles. The first-order valence-corrected chi connectivity index (χ1v) is 6.33. The molecule has 0 spiro atoms. The van der Waals surface area contributed by atoms with Crippen molar-refractivity contribution in [2.24, 2.45) is 0 Å². The van der Waals surface area contributed by atoms with Crippen molar-refractivity contribution >= 4 is 11.4 Å². The predicted molar refractivity (Wildman–Crippen MR) is 71.9 cm³/mol. The van der Waals surface area contributed by atoms with E-state index in [1.54, 1.807) is 12.1 Å². The summed E-state index contributed by atoms with van der Waals surface area (Å²) in [4.78, 5) is 10.7. The Bertz CT molecular complexity index is 448. The summed E-state index contributed by atoms with van der Waals surface area (Å²) in [6.45, 7) is 4.99. The van der Waals surface area contributed by atoms with Gasteiger partial charge in [0.25, 0.3) is 5.69 Å². The Morgan fingerprint density at radius 2 is 2.28 bits per heavy atom. The van der Waals surface area contributed by atoms with Crippen LogP contribution in [0.25, 0.3) is 0 Å². The lowest BCUT2D eigenvalue weighted by Crippen LogP contribution is -2.46. The molecule has 1 heterocycles. The lowest BCUT2D eigenvalue weighted by molar-refractivity contribution is -0.384. The molecule has 1 aromatic rings. The molecule has 0 bridgehead atoms. The SMILES string of the molecule is Cc1ccc(NC2CCCNC2C)c([N+](=O)[O-])c1. The molecule has 2 N–H and O–H groups in total. The largest absolute Gasteiger partial charge is 0.375 e. The monoisotopic (exact) mass is 249 g/mol. The van der Waals surface area contributed by atoms with Crippen molar-refractivity contribution in [2.75, 3.05) is 11.9 Å². The van der Waals surface area contributed by atoms with Gasteiger partial charge in [0.1, 0.15) is 5.69 Å². The highest BCUT2D eigenvalue weighted by Crippen LogP contribution is 2.27. The summed E-state index contributed by atoms with van der Waals surface area (Å²) >= 11 is 0. The third kappa shape index (κ3) is 2.79. The summed E-state index contributed by atoms with van der Waals surface area (Å²) in [6, 6.07) is 5.90. The van der Waals surface area contributed by atoms with E-state index in [1.165, 1.54) is 0 Å². The summed E-state index contributed by atoms with van der Waals surface area (Å²) in [7, 11) is 0. The second-order valence-corrected chi connectivity index (χ2v) is 4.91. The number of benzene rings is 1. The van der Waals surface area contributed by atoms with Gasteiger partial charge in [-0.2, -0.15) is 0 Å². The summed E-state index contributed by atoms with van der Waals surface area (Å²) in [5.74, 6) is 0. The Morgan fingerprint density at radius 3 is 2.94 bits per heavy atom. The molecule has 2 atom stereocenters. The molecule has 0 amide bonds. The fourth-order valence-corrected chi connectivity index (χ4v) is 2.36. The van der Waals surface area contributed by atoms with E-state index in [2.05, 4.69) is 17.6 Å². The van der Waals surface area contributed by atoms with Crippen molar-refractivity contribution in [1.82, 2.24) is 5.32 Å². The molecule has 1 aliphatic heterocycles. The predicted octanol–water partition coefficient (Wildman–Crippen LogP) is 2.46. The number of nitro benzene ring substituents is 1. The van der Waals surface area contributed by atoms with E-state index in [0.717, 1.165) is 24.9 Å². The molecule has 18 heavy (non-hydrogen) atoms. The van der Waals surface area contributed by atoms with Crippen molar-refractivity contribution in [3.05, 3.63) is 33.9 Å². The summed E-state index contributed by atoms with van der Waals surface area (Å²) in [5, 5.41) is 17.7. The molecule has 5 nitrogen and oxygen atoms in total. The number of nitrogens with zero attached hydrogens (tertiary/aromatic N) is 1. The normalized spacial score (nSPS) is 23.7. The van der Waals surface area contributed by atoms with Crippen LogP contribution in [0.15, 0.2) is 18.2 Å². The van der Waals surface area contributed by atoms with Gasteiger partial charge in [-0.05, 0) is 44.9 Å². The van der Waals surface area contributed by atoms with Crippen molar-refractivity contribution in [3.63, 3.8) is 0 Å². The van der Waals surface area contributed by atoms with E-state index in [-0.39, 0.29) is 16.7 Å². The van der Waals surface area contributed by atoms with E-state index in [9.17, 15) is 10.1 Å². The molecule has 1 aliphatic rings. The quantitative estimate of drug-likeness (QED) is 0.638. The van der Waals surface area contributed by atoms with Gasteiger partial charge >= 0.3 is 0 Å². The van der Waals surface area contributed by atoms with E-state index in [0.29, 0.717) is 11.7 Å². The summed E-state index contributed by atoms with van der Waals surface area (Å²) < 4.78 is 0. The standard InChI is InChI=1S/C13H19N3O2/c1-9-5-6-12(13(8-9)16(17)18)15-11-4-3-7-14-10(11)2/h5-6,8,10-11,14-15H,3-4,7H2,1-2H3. The Labute approximate surface area is 107 Å². The zero-order valence-electron chi connectivity index (χ0n) is 10.8. The van der Waals surface area contributed by atoms with Gasteiger partial charge in [0.15, 0.2) is 0 Å². The van der Waals surface area contributed by atoms with Crippen LogP contribution in [-0.4, -0.2) is 23.6 Å². The minimum Gasteiger partial charge on any atom is -0.375 e. The van der Waals surface area contributed by atoms with Gasteiger partial charge in [-0.15, -0.1) is 0 Å².